The molecule has 17 heavy (non-hydrogen) atoms. The SMILES string of the molecule is O=S(=O)(Cl)c1ncc(OC(F)(F)F)c(Br)c1O. The van der Waals surface area contributed by atoms with Crippen LogP contribution in [0.5, 0.6) is 11.5 Å². The molecule has 0 aliphatic rings. The molecule has 5 nitrogen and oxygen atoms in total. The van der Waals surface area contributed by atoms with Crippen LogP contribution < -0.4 is 4.74 Å². The van der Waals surface area contributed by atoms with E-state index in [-0.39, 0.29) is 0 Å². The minimum absolute atomic E-state index is 0.465. The number of pyridine rings is 1. The van der Waals surface area contributed by atoms with Gasteiger partial charge in [-0.1, -0.05) is 0 Å². The summed E-state index contributed by atoms with van der Waals surface area (Å²) in [5.41, 5.74) is 0. The van der Waals surface area contributed by atoms with Crippen molar-refractivity contribution in [2.24, 2.45) is 0 Å². The van der Waals surface area contributed by atoms with Crippen molar-refractivity contribution in [1.82, 2.24) is 4.98 Å². The van der Waals surface area contributed by atoms with Crippen LogP contribution in [0, 0.1) is 0 Å². The predicted octanol–water partition coefficient (Wildman–Crippen LogP) is 2.38. The van der Waals surface area contributed by atoms with Gasteiger partial charge >= 0.3 is 6.36 Å². The first-order valence-corrected chi connectivity index (χ1v) is 6.70. The first-order valence-electron chi connectivity index (χ1n) is 3.60. The first kappa shape index (κ1) is 14.3. The van der Waals surface area contributed by atoms with Crippen LogP contribution in [0.25, 0.3) is 0 Å². The van der Waals surface area contributed by atoms with Crippen molar-refractivity contribution < 1.29 is 31.4 Å². The van der Waals surface area contributed by atoms with Gasteiger partial charge < -0.3 is 9.84 Å². The van der Waals surface area contributed by atoms with E-state index in [2.05, 4.69) is 25.7 Å². The quantitative estimate of drug-likeness (QED) is 0.823. The molecule has 1 rings (SSSR count). The molecule has 1 N–H and O–H groups in total. The predicted molar refractivity (Wildman–Crippen MR) is 53.3 cm³/mol. The number of halogens is 5. The number of rotatable bonds is 2. The Hall–Kier alpha value is -0.740. The maximum Gasteiger partial charge on any atom is 0.573 e. The van der Waals surface area contributed by atoms with E-state index in [0.29, 0.717) is 6.20 Å². The number of hydrogen-bond donors (Lipinski definition) is 1. The summed E-state index contributed by atoms with van der Waals surface area (Å²) in [4.78, 5) is 3.07. The van der Waals surface area contributed by atoms with Crippen LogP contribution in [-0.2, 0) is 9.05 Å². The van der Waals surface area contributed by atoms with Crippen molar-refractivity contribution in [2.45, 2.75) is 11.4 Å². The fraction of sp³-hybridized carbons (Fsp3) is 0.167. The molecule has 1 heterocycles. The Morgan fingerprint density at radius 2 is 2.00 bits per heavy atom. The third-order valence-corrected chi connectivity index (χ3v) is 3.35. The summed E-state index contributed by atoms with van der Waals surface area (Å²) in [6.45, 7) is 0. The fourth-order valence-electron chi connectivity index (χ4n) is 0.820. The van der Waals surface area contributed by atoms with Gasteiger partial charge in [-0.15, -0.1) is 13.2 Å². The molecule has 0 aliphatic carbocycles. The summed E-state index contributed by atoms with van der Waals surface area (Å²) >= 11 is 2.54. The maximum atomic E-state index is 11.9. The van der Waals surface area contributed by atoms with E-state index in [1.54, 1.807) is 0 Å². The number of ether oxygens (including phenoxy) is 1. The Labute approximate surface area is 106 Å². The smallest absolute Gasteiger partial charge is 0.504 e. The van der Waals surface area contributed by atoms with Gasteiger partial charge in [0.2, 0.25) is 5.03 Å². The molecule has 1 aromatic rings. The molecule has 0 fully saturated rings. The molecule has 0 spiro atoms. The summed E-state index contributed by atoms with van der Waals surface area (Å²) < 4.78 is 60.2. The van der Waals surface area contributed by atoms with Gasteiger partial charge in [0.15, 0.2) is 11.5 Å². The van der Waals surface area contributed by atoms with E-state index < -0.39 is 36.4 Å². The molecule has 0 aliphatic heterocycles. The number of hydrogen-bond acceptors (Lipinski definition) is 5. The van der Waals surface area contributed by atoms with Gasteiger partial charge in [-0.2, -0.15) is 0 Å². The second kappa shape index (κ2) is 4.50. The van der Waals surface area contributed by atoms with E-state index in [1.807, 2.05) is 0 Å². The van der Waals surface area contributed by atoms with Gasteiger partial charge in [-0.05, 0) is 15.9 Å². The fourth-order valence-corrected chi connectivity index (χ4v) is 2.17. The van der Waals surface area contributed by atoms with Crippen molar-refractivity contribution in [2.75, 3.05) is 0 Å². The zero-order chi connectivity index (χ0) is 13.4. The van der Waals surface area contributed by atoms with Gasteiger partial charge in [0, 0.05) is 10.7 Å². The summed E-state index contributed by atoms with van der Waals surface area (Å²) in [6.07, 6.45) is -4.54. The lowest BCUT2D eigenvalue weighted by molar-refractivity contribution is -0.275. The molecule has 96 valence electrons. The maximum absolute atomic E-state index is 11.9. The zero-order valence-electron chi connectivity index (χ0n) is 7.49. The highest BCUT2D eigenvalue weighted by atomic mass is 79.9. The van der Waals surface area contributed by atoms with Crippen molar-refractivity contribution in [1.29, 1.82) is 0 Å². The summed E-state index contributed by atoms with van der Waals surface area (Å²) in [5.74, 6) is -1.96. The lowest BCUT2D eigenvalue weighted by Crippen LogP contribution is -2.17. The Bertz CT molecular complexity index is 547. The molecule has 0 radical (unpaired) electrons. The van der Waals surface area contributed by atoms with Gasteiger partial charge in [-0.25, -0.2) is 13.4 Å². The second-order valence-electron chi connectivity index (χ2n) is 2.58. The molecule has 0 amide bonds. The van der Waals surface area contributed by atoms with Crippen LogP contribution in [0.4, 0.5) is 13.2 Å². The minimum Gasteiger partial charge on any atom is -0.504 e. The Kier molecular flexibility index (Phi) is 3.79. The topological polar surface area (TPSA) is 76.5 Å². The highest BCUT2D eigenvalue weighted by molar-refractivity contribution is 9.10. The lowest BCUT2D eigenvalue weighted by Gasteiger charge is -2.11. The van der Waals surface area contributed by atoms with Crippen LogP contribution in [0.15, 0.2) is 15.7 Å². The van der Waals surface area contributed by atoms with Crippen LogP contribution in [-0.4, -0.2) is 24.9 Å². The molecule has 0 bridgehead atoms. The van der Waals surface area contributed by atoms with Gasteiger partial charge in [0.25, 0.3) is 9.05 Å². The molecular formula is C6H2BrClF3NO4S. The van der Waals surface area contributed by atoms with E-state index in [0.717, 1.165) is 0 Å². The Morgan fingerprint density at radius 1 is 1.47 bits per heavy atom. The van der Waals surface area contributed by atoms with Crippen LogP contribution in [0.1, 0.15) is 0 Å². The molecular weight excluding hydrogens is 354 g/mol. The zero-order valence-corrected chi connectivity index (χ0v) is 10.7. The number of aromatic hydroxyl groups is 1. The van der Waals surface area contributed by atoms with Crippen molar-refractivity contribution in [3.8, 4) is 11.5 Å². The number of alkyl halides is 3. The van der Waals surface area contributed by atoms with Gasteiger partial charge in [-0.3, -0.25) is 0 Å². The van der Waals surface area contributed by atoms with Crippen LogP contribution >= 0.6 is 26.6 Å². The van der Waals surface area contributed by atoms with Crippen LogP contribution in [0.3, 0.4) is 0 Å². The number of nitrogens with zero attached hydrogens (tertiary/aromatic N) is 1. The Morgan fingerprint density at radius 3 is 2.41 bits per heavy atom. The van der Waals surface area contributed by atoms with E-state index >= 15 is 0 Å². The highest BCUT2D eigenvalue weighted by Crippen LogP contribution is 2.39. The molecule has 0 aromatic carbocycles. The average Bonchev–Trinajstić information content (AvgIpc) is 2.08. The van der Waals surface area contributed by atoms with Crippen molar-refractivity contribution in [3.05, 3.63) is 10.7 Å². The summed E-state index contributed by atoms with van der Waals surface area (Å²) in [7, 11) is 0.515. The van der Waals surface area contributed by atoms with Crippen LogP contribution in [0.2, 0.25) is 0 Å². The Balaban J connectivity index is 3.30. The highest BCUT2D eigenvalue weighted by Gasteiger charge is 2.33. The molecule has 0 saturated carbocycles. The van der Waals surface area contributed by atoms with Gasteiger partial charge in [0.05, 0.1) is 6.20 Å². The van der Waals surface area contributed by atoms with Crippen molar-refractivity contribution >= 4 is 35.7 Å². The second-order valence-corrected chi connectivity index (χ2v) is 5.85. The molecule has 0 unspecified atom stereocenters. The number of aromatic nitrogens is 1. The van der Waals surface area contributed by atoms with E-state index in [4.69, 9.17) is 10.7 Å². The van der Waals surface area contributed by atoms with Gasteiger partial charge in [0.1, 0.15) is 4.47 Å². The first-order chi connectivity index (χ1) is 7.52. The normalized spacial score (nSPS) is 12.5. The molecule has 0 saturated heterocycles. The third-order valence-electron chi connectivity index (χ3n) is 1.38. The minimum atomic E-state index is -5.00. The monoisotopic (exact) mass is 355 g/mol. The average molecular weight is 357 g/mol. The van der Waals surface area contributed by atoms with E-state index in [1.165, 1.54) is 0 Å². The van der Waals surface area contributed by atoms with E-state index in [9.17, 15) is 26.7 Å². The molecule has 11 heteroatoms. The summed E-state index contributed by atoms with van der Waals surface area (Å²) in [5, 5.41) is 8.32. The summed E-state index contributed by atoms with van der Waals surface area (Å²) in [6, 6.07) is 0. The standard InChI is InChI=1S/C6H2BrClF3NO4S/c7-3-2(16-6(9,10)11)1-12-5(4(3)13)17(8,14)15/h1,13H. The third kappa shape index (κ3) is 3.61. The largest absolute Gasteiger partial charge is 0.573 e. The molecule has 1 aromatic heterocycles. The lowest BCUT2D eigenvalue weighted by atomic mass is 10.4. The van der Waals surface area contributed by atoms with Crippen molar-refractivity contribution in [3.63, 3.8) is 0 Å². The molecule has 0 atom stereocenters.